The van der Waals surface area contributed by atoms with Crippen LogP contribution in [-0.2, 0) is 4.79 Å². The summed E-state index contributed by atoms with van der Waals surface area (Å²) in [6, 6.07) is 4.14. The first kappa shape index (κ1) is 11.1. The fraction of sp³-hybridized carbons (Fsp3) is 0.538. The smallest absolute Gasteiger partial charge is 0.303 e. The van der Waals surface area contributed by atoms with Crippen LogP contribution in [0.25, 0.3) is 0 Å². The van der Waals surface area contributed by atoms with Crippen LogP contribution in [-0.4, -0.2) is 16.1 Å². The second-order valence-electron chi connectivity index (χ2n) is 4.60. The summed E-state index contributed by atoms with van der Waals surface area (Å²) < 4.78 is 0. The van der Waals surface area contributed by atoms with E-state index in [0.717, 1.165) is 25.7 Å². The lowest BCUT2D eigenvalue weighted by Gasteiger charge is -2.27. The molecule has 86 valence electrons. The molecule has 1 heterocycles. The zero-order valence-corrected chi connectivity index (χ0v) is 9.30. The number of carboxylic acids is 1. The molecular formula is C13H17NO2. The number of rotatable bonds is 3. The van der Waals surface area contributed by atoms with Crippen molar-refractivity contribution >= 4 is 5.97 Å². The van der Waals surface area contributed by atoms with Gasteiger partial charge in [-0.3, -0.25) is 9.78 Å². The van der Waals surface area contributed by atoms with E-state index in [4.69, 9.17) is 5.11 Å². The maximum Gasteiger partial charge on any atom is 0.303 e. The van der Waals surface area contributed by atoms with Crippen molar-refractivity contribution in [3.8, 4) is 0 Å². The lowest BCUT2D eigenvalue weighted by molar-refractivity contribution is -0.138. The third-order valence-corrected chi connectivity index (χ3v) is 3.49. The lowest BCUT2D eigenvalue weighted by Crippen LogP contribution is -2.16. The van der Waals surface area contributed by atoms with Gasteiger partial charge < -0.3 is 5.11 Å². The van der Waals surface area contributed by atoms with Gasteiger partial charge in [-0.05, 0) is 55.2 Å². The van der Waals surface area contributed by atoms with Gasteiger partial charge in [0.1, 0.15) is 0 Å². The number of carbonyl (C=O) groups is 1. The molecule has 1 fully saturated rings. The van der Waals surface area contributed by atoms with Crippen LogP contribution in [0.15, 0.2) is 24.5 Å². The molecule has 0 atom stereocenters. The first-order valence-corrected chi connectivity index (χ1v) is 5.87. The van der Waals surface area contributed by atoms with Gasteiger partial charge in [-0.25, -0.2) is 0 Å². The van der Waals surface area contributed by atoms with E-state index in [-0.39, 0.29) is 0 Å². The molecule has 1 saturated carbocycles. The predicted molar refractivity (Wildman–Crippen MR) is 61.2 cm³/mol. The van der Waals surface area contributed by atoms with Crippen LogP contribution in [0.1, 0.15) is 43.6 Å². The van der Waals surface area contributed by atoms with Crippen molar-refractivity contribution < 1.29 is 9.90 Å². The van der Waals surface area contributed by atoms with E-state index in [1.54, 1.807) is 0 Å². The van der Waals surface area contributed by atoms with E-state index < -0.39 is 5.97 Å². The summed E-state index contributed by atoms with van der Waals surface area (Å²) in [4.78, 5) is 14.6. The molecule has 0 unspecified atom stereocenters. The molecule has 0 aliphatic heterocycles. The van der Waals surface area contributed by atoms with Gasteiger partial charge in [0.2, 0.25) is 0 Å². The maximum atomic E-state index is 10.6. The van der Waals surface area contributed by atoms with Gasteiger partial charge in [0, 0.05) is 18.8 Å². The number of nitrogens with zero attached hydrogens (tertiary/aromatic N) is 1. The van der Waals surface area contributed by atoms with Gasteiger partial charge in [0.15, 0.2) is 0 Å². The van der Waals surface area contributed by atoms with Crippen LogP contribution in [0.2, 0.25) is 0 Å². The maximum absolute atomic E-state index is 10.6. The Morgan fingerprint density at radius 1 is 1.25 bits per heavy atom. The molecule has 0 bridgehead atoms. The SMILES string of the molecule is O=C(O)CC1CCC(c2ccncc2)CC1. The highest BCUT2D eigenvalue weighted by molar-refractivity contribution is 5.67. The van der Waals surface area contributed by atoms with Crippen LogP contribution in [0.5, 0.6) is 0 Å². The number of aromatic nitrogens is 1. The number of aliphatic carboxylic acids is 1. The average Bonchev–Trinajstić information content (AvgIpc) is 2.30. The van der Waals surface area contributed by atoms with E-state index >= 15 is 0 Å². The minimum Gasteiger partial charge on any atom is -0.481 e. The van der Waals surface area contributed by atoms with Crippen molar-refractivity contribution in [1.29, 1.82) is 0 Å². The van der Waals surface area contributed by atoms with Crippen molar-refractivity contribution in [3.05, 3.63) is 30.1 Å². The molecular weight excluding hydrogens is 202 g/mol. The summed E-state index contributed by atoms with van der Waals surface area (Å²) in [6.45, 7) is 0. The largest absolute Gasteiger partial charge is 0.481 e. The third kappa shape index (κ3) is 2.81. The predicted octanol–water partition coefficient (Wildman–Crippen LogP) is 2.83. The van der Waals surface area contributed by atoms with Crippen LogP contribution in [0.4, 0.5) is 0 Å². The van der Waals surface area contributed by atoms with Crippen molar-refractivity contribution in [2.45, 2.75) is 38.0 Å². The topological polar surface area (TPSA) is 50.2 Å². The second-order valence-corrected chi connectivity index (χ2v) is 4.60. The molecule has 3 heteroatoms. The third-order valence-electron chi connectivity index (χ3n) is 3.49. The van der Waals surface area contributed by atoms with Gasteiger partial charge in [-0.15, -0.1) is 0 Å². The minimum absolute atomic E-state index is 0.336. The normalized spacial score (nSPS) is 25.2. The number of hydrogen-bond donors (Lipinski definition) is 1. The Kier molecular flexibility index (Phi) is 3.54. The molecule has 0 saturated heterocycles. The van der Waals surface area contributed by atoms with Gasteiger partial charge in [0.05, 0.1) is 0 Å². The number of carboxylic acid groups (broad SMARTS) is 1. The molecule has 1 aromatic rings. The van der Waals surface area contributed by atoms with Crippen molar-refractivity contribution in [1.82, 2.24) is 4.98 Å². The summed E-state index contributed by atoms with van der Waals surface area (Å²) in [7, 11) is 0. The fourth-order valence-corrected chi connectivity index (χ4v) is 2.58. The Labute approximate surface area is 95.5 Å². The molecule has 2 rings (SSSR count). The standard InChI is InChI=1S/C13H17NO2/c15-13(16)9-10-1-3-11(4-2-10)12-5-7-14-8-6-12/h5-8,10-11H,1-4,9H2,(H,15,16). The lowest BCUT2D eigenvalue weighted by atomic mass is 9.78. The first-order valence-electron chi connectivity index (χ1n) is 5.87. The zero-order chi connectivity index (χ0) is 11.4. The van der Waals surface area contributed by atoms with Gasteiger partial charge in [-0.2, -0.15) is 0 Å². The summed E-state index contributed by atoms with van der Waals surface area (Å²) >= 11 is 0. The van der Waals surface area contributed by atoms with Crippen LogP contribution >= 0.6 is 0 Å². The highest BCUT2D eigenvalue weighted by Gasteiger charge is 2.23. The van der Waals surface area contributed by atoms with E-state index in [1.165, 1.54) is 5.56 Å². The molecule has 1 aliphatic rings. The van der Waals surface area contributed by atoms with Crippen molar-refractivity contribution in [2.24, 2.45) is 5.92 Å². The molecule has 1 N–H and O–H groups in total. The highest BCUT2D eigenvalue weighted by atomic mass is 16.4. The Bertz CT molecular complexity index is 342. The second kappa shape index (κ2) is 5.10. The van der Waals surface area contributed by atoms with Crippen molar-refractivity contribution in [2.75, 3.05) is 0 Å². The van der Waals surface area contributed by atoms with E-state index in [9.17, 15) is 4.79 Å². The van der Waals surface area contributed by atoms with Crippen LogP contribution in [0, 0.1) is 5.92 Å². The molecule has 0 radical (unpaired) electrons. The average molecular weight is 219 g/mol. The summed E-state index contributed by atoms with van der Waals surface area (Å²) in [6.07, 6.45) is 8.31. The zero-order valence-electron chi connectivity index (χ0n) is 9.30. The quantitative estimate of drug-likeness (QED) is 0.850. The molecule has 0 spiro atoms. The summed E-state index contributed by atoms with van der Waals surface area (Å²) in [5, 5.41) is 8.74. The molecule has 16 heavy (non-hydrogen) atoms. The van der Waals surface area contributed by atoms with Gasteiger partial charge in [0.25, 0.3) is 0 Å². The highest BCUT2D eigenvalue weighted by Crippen LogP contribution is 2.36. The Morgan fingerprint density at radius 3 is 2.44 bits per heavy atom. The Morgan fingerprint density at radius 2 is 1.88 bits per heavy atom. The molecule has 1 aliphatic carbocycles. The Balaban J connectivity index is 1.88. The van der Waals surface area contributed by atoms with E-state index in [1.807, 2.05) is 12.4 Å². The summed E-state index contributed by atoms with van der Waals surface area (Å²) in [5.74, 6) is 0.330. The molecule has 3 nitrogen and oxygen atoms in total. The fourth-order valence-electron chi connectivity index (χ4n) is 2.58. The van der Waals surface area contributed by atoms with Crippen LogP contribution < -0.4 is 0 Å². The monoisotopic (exact) mass is 219 g/mol. The molecule has 0 aromatic carbocycles. The summed E-state index contributed by atoms with van der Waals surface area (Å²) in [5.41, 5.74) is 1.35. The number of pyridine rings is 1. The van der Waals surface area contributed by atoms with Gasteiger partial charge >= 0.3 is 5.97 Å². The van der Waals surface area contributed by atoms with Crippen LogP contribution in [0.3, 0.4) is 0 Å². The molecule has 1 aromatic heterocycles. The van der Waals surface area contributed by atoms with E-state index in [0.29, 0.717) is 18.3 Å². The van der Waals surface area contributed by atoms with Crippen molar-refractivity contribution in [3.63, 3.8) is 0 Å². The van der Waals surface area contributed by atoms with E-state index in [2.05, 4.69) is 17.1 Å². The first-order chi connectivity index (χ1) is 7.75. The number of hydrogen-bond acceptors (Lipinski definition) is 2. The van der Waals surface area contributed by atoms with Gasteiger partial charge in [-0.1, -0.05) is 0 Å². The minimum atomic E-state index is -0.660. The Hall–Kier alpha value is -1.38. The molecule has 0 amide bonds.